The van der Waals surface area contributed by atoms with E-state index in [0.717, 1.165) is 48.5 Å². The molecule has 4 heterocycles. The monoisotopic (exact) mass is 414 g/mol. The van der Waals surface area contributed by atoms with Crippen LogP contribution in [-0.4, -0.2) is 32.6 Å². The van der Waals surface area contributed by atoms with Gasteiger partial charge in [-0.3, -0.25) is 4.57 Å². The number of fused-ring (bicyclic) bond motifs is 1. The van der Waals surface area contributed by atoms with E-state index >= 15 is 4.39 Å². The molecule has 31 heavy (non-hydrogen) atoms. The van der Waals surface area contributed by atoms with Gasteiger partial charge in [0.2, 0.25) is 0 Å². The molecule has 0 atom stereocenters. The number of pyridine rings is 2. The quantitative estimate of drug-likeness (QED) is 0.525. The Hall–Kier alpha value is -3.48. The third-order valence-electron chi connectivity index (χ3n) is 6.28. The Morgan fingerprint density at radius 1 is 1.03 bits per heavy atom. The topological polar surface area (TPSA) is 72.9 Å². The molecule has 0 amide bonds. The zero-order valence-corrected chi connectivity index (χ0v) is 17.1. The van der Waals surface area contributed by atoms with E-state index in [1.165, 1.54) is 12.8 Å². The molecular weight excluding hydrogens is 391 g/mol. The van der Waals surface area contributed by atoms with Crippen molar-refractivity contribution in [2.75, 3.05) is 23.7 Å². The second-order valence-corrected chi connectivity index (χ2v) is 8.42. The second kappa shape index (κ2) is 7.04. The largest absolute Gasteiger partial charge is 0.383 e. The zero-order valence-electron chi connectivity index (χ0n) is 17.1. The number of hydrogen-bond acceptors (Lipinski definition) is 5. The fraction of sp³-hybridized carbons (Fsp3) is 0.292. The highest BCUT2D eigenvalue weighted by atomic mass is 19.1. The molecule has 1 saturated heterocycles. The minimum absolute atomic E-state index is 0.302. The zero-order chi connectivity index (χ0) is 20.9. The van der Waals surface area contributed by atoms with Gasteiger partial charge >= 0.3 is 0 Å². The van der Waals surface area contributed by atoms with E-state index in [4.69, 9.17) is 10.7 Å². The fourth-order valence-electron chi connectivity index (χ4n) is 4.50. The molecule has 6 rings (SSSR count). The molecule has 3 aromatic heterocycles. The molecule has 0 bridgehead atoms. The fourth-order valence-corrected chi connectivity index (χ4v) is 4.50. The number of hydrogen-bond donors (Lipinski definition) is 1. The molecule has 156 valence electrons. The van der Waals surface area contributed by atoms with Crippen molar-refractivity contribution < 1.29 is 4.39 Å². The summed E-state index contributed by atoms with van der Waals surface area (Å²) in [5.74, 6) is 2.04. The maximum absolute atomic E-state index is 15.1. The summed E-state index contributed by atoms with van der Waals surface area (Å²) in [5, 5.41) is 0. The molecule has 1 saturated carbocycles. The number of aromatic nitrogens is 4. The van der Waals surface area contributed by atoms with Gasteiger partial charge < -0.3 is 10.6 Å². The molecule has 1 aromatic carbocycles. The van der Waals surface area contributed by atoms with Crippen LogP contribution in [0.15, 0.2) is 48.8 Å². The van der Waals surface area contributed by atoms with Crippen LogP contribution in [0.4, 0.5) is 16.0 Å². The van der Waals surface area contributed by atoms with Crippen LogP contribution < -0.4 is 10.6 Å². The standard InChI is InChI=1S/C24H23FN6/c25-19-12-16(15-5-6-15)13-20-22(19)29-24(18-4-3-9-27-23(18)26)31(20)17-7-8-21(28-14-17)30-10-1-2-11-30/h3-4,7-9,12-15H,1-2,5-6,10-11H2,(H2,26,27). The Balaban J connectivity index is 1.56. The maximum atomic E-state index is 15.1. The number of nitrogen functional groups attached to an aromatic ring is 1. The van der Waals surface area contributed by atoms with Gasteiger partial charge in [0, 0.05) is 19.3 Å². The molecule has 2 N–H and O–H groups in total. The van der Waals surface area contributed by atoms with Crippen molar-refractivity contribution in [3.63, 3.8) is 0 Å². The Morgan fingerprint density at radius 2 is 1.87 bits per heavy atom. The van der Waals surface area contributed by atoms with Crippen LogP contribution in [-0.2, 0) is 0 Å². The number of nitrogens with zero attached hydrogens (tertiary/aromatic N) is 5. The van der Waals surface area contributed by atoms with Crippen LogP contribution in [0.2, 0.25) is 0 Å². The predicted octanol–water partition coefficient (Wildman–Crippen LogP) is 4.68. The van der Waals surface area contributed by atoms with Crippen LogP contribution in [0.5, 0.6) is 0 Å². The molecule has 7 heteroatoms. The first-order valence-corrected chi connectivity index (χ1v) is 10.8. The van der Waals surface area contributed by atoms with E-state index in [9.17, 15) is 0 Å². The van der Waals surface area contributed by atoms with Gasteiger partial charge in [0.05, 0.1) is 23.0 Å². The maximum Gasteiger partial charge on any atom is 0.151 e. The third kappa shape index (κ3) is 3.12. The summed E-state index contributed by atoms with van der Waals surface area (Å²) in [5.41, 5.74) is 9.78. The predicted molar refractivity (Wildman–Crippen MR) is 120 cm³/mol. The lowest BCUT2D eigenvalue weighted by molar-refractivity contribution is 0.635. The van der Waals surface area contributed by atoms with Crippen LogP contribution in [0.3, 0.4) is 0 Å². The van der Waals surface area contributed by atoms with Gasteiger partial charge in [-0.2, -0.15) is 0 Å². The number of imidazole rings is 1. The lowest BCUT2D eigenvalue weighted by Crippen LogP contribution is -2.18. The van der Waals surface area contributed by atoms with Gasteiger partial charge in [-0.05, 0) is 73.6 Å². The van der Waals surface area contributed by atoms with Crippen molar-refractivity contribution in [2.24, 2.45) is 0 Å². The molecule has 0 radical (unpaired) electrons. The van der Waals surface area contributed by atoms with Crippen molar-refractivity contribution in [2.45, 2.75) is 31.6 Å². The number of rotatable bonds is 4. The van der Waals surface area contributed by atoms with Gasteiger partial charge in [0.25, 0.3) is 0 Å². The second-order valence-electron chi connectivity index (χ2n) is 8.42. The lowest BCUT2D eigenvalue weighted by Gasteiger charge is -2.17. The minimum Gasteiger partial charge on any atom is -0.383 e. The molecule has 2 aliphatic rings. The summed E-state index contributed by atoms with van der Waals surface area (Å²) >= 11 is 0. The highest BCUT2D eigenvalue weighted by Crippen LogP contribution is 2.42. The van der Waals surface area contributed by atoms with E-state index in [2.05, 4.69) is 20.9 Å². The Bertz CT molecular complexity index is 1270. The average molecular weight is 414 g/mol. The van der Waals surface area contributed by atoms with Gasteiger partial charge in [-0.15, -0.1) is 0 Å². The van der Waals surface area contributed by atoms with Crippen LogP contribution in [0, 0.1) is 5.82 Å². The molecule has 1 aliphatic heterocycles. The third-order valence-corrected chi connectivity index (χ3v) is 6.28. The molecule has 0 unspecified atom stereocenters. The number of nitrogens with two attached hydrogens (primary N) is 1. The summed E-state index contributed by atoms with van der Waals surface area (Å²) in [6.45, 7) is 2.07. The smallest absolute Gasteiger partial charge is 0.151 e. The van der Waals surface area contributed by atoms with Crippen molar-refractivity contribution in [1.29, 1.82) is 0 Å². The molecular formula is C24H23FN6. The Kier molecular flexibility index (Phi) is 4.16. The van der Waals surface area contributed by atoms with Crippen molar-refractivity contribution in [3.05, 3.63) is 60.2 Å². The normalized spacial score (nSPS) is 16.4. The number of benzene rings is 1. The van der Waals surface area contributed by atoms with E-state index in [-0.39, 0.29) is 5.82 Å². The molecule has 2 fully saturated rings. The number of halogens is 1. The first-order valence-electron chi connectivity index (χ1n) is 10.8. The van der Waals surface area contributed by atoms with E-state index in [0.29, 0.717) is 28.6 Å². The lowest BCUT2D eigenvalue weighted by atomic mass is 10.1. The van der Waals surface area contributed by atoms with Crippen molar-refractivity contribution in [3.8, 4) is 17.1 Å². The van der Waals surface area contributed by atoms with Gasteiger partial charge in [-0.25, -0.2) is 19.3 Å². The molecule has 4 aromatic rings. The summed E-state index contributed by atoms with van der Waals surface area (Å²) in [6, 6.07) is 11.4. The van der Waals surface area contributed by atoms with Gasteiger partial charge in [0.1, 0.15) is 23.0 Å². The summed E-state index contributed by atoms with van der Waals surface area (Å²) in [4.78, 5) is 15.9. The van der Waals surface area contributed by atoms with Gasteiger partial charge in [-0.1, -0.05) is 0 Å². The first-order chi connectivity index (χ1) is 15.2. The molecule has 0 spiro atoms. The van der Waals surface area contributed by atoms with Crippen molar-refractivity contribution >= 4 is 22.7 Å². The summed E-state index contributed by atoms with van der Waals surface area (Å²) in [7, 11) is 0. The van der Waals surface area contributed by atoms with Crippen LogP contribution in [0.1, 0.15) is 37.2 Å². The van der Waals surface area contributed by atoms with E-state index in [1.54, 1.807) is 12.3 Å². The van der Waals surface area contributed by atoms with Crippen LogP contribution in [0.25, 0.3) is 28.1 Å². The van der Waals surface area contributed by atoms with E-state index < -0.39 is 0 Å². The molecule has 6 nitrogen and oxygen atoms in total. The first kappa shape index (κ1) is 18.3. The Labute approximate surface area is 179 Å². The summed E-state index contributed by atoms with van der Waals surface area (Å²) in [6.07, 6.45) is 8.09. The Morgan fingerprint density at radius 3 is 2.58 bits per heavy atom. The summed E-state index contributed by atoms with van der Waals surface area (Å²) < 4.78 is 17.0. The number of anilines is 2. The SMILES string of the molecule is Nc1ncccc1-c1nc2c(F)cc(C3CC3)cc2n1-c1ccc(N2CCCC2)nc1. The highest BCUT2D eigenvalue weighted by Gasteiger charge is 2.27. The minimum atomic E-state index is -0.302. The van der Waals surface area contributed by atoms with E-state index in [1.807, 2.05) is 35.0 Å². The van der Waals surface area contributed by atoms with Crippen molar-refractivity contribution in [1.82, 2.24) is 19.5 Å². The van der Waals surface area contributed by atoms with Crippen LogP contribution >= 0.6 is 0 Å². The van der Waals surface area contributed by atoms with Gasteiger partial charge in [0.15, 0.2) is 5.82 Å². The highest BCUT2D eigenvalue weighted by molar-refractivity contribution is 5.86. The average Bonchev–Trinajstić information content (AvgIpc) is 3.35. The molecule has 1 aliphatic carbocycles.